The van der Waals surface area contributed by atoms with Crippen LogP contribution in [0.25, 0.3) is 10.2 Å². The summed E-state index contributed by atoms with van der Waals surface area (Å²) < 4.78 is 7.20. The first kappa shape index (κ1) is 21.1. The summed E-state index contributed by atoms with van der Waals surface area (Å²) in [6.45, 7) is 6.20. The fourth-order valence-electron chi connectivity index (χ4n) is 2.53. The van der Waals surface area contributed by atoms with E-state index in [1.54, 1.807) is 0 Å². The first-order valence-electron chi connectivity index (χ1n) is 9.39. The zero-order valence-corrected chi connectivity index (χ0v) is 18.2. The number of amides is 2. The minimum atomic E-state index is -0.304. The number of ether oxygens (including phenoxy) is 1. The highest BCUT2D eigenvalue weighted by molar-refractivity contribution is 8.02. The summed E-state index contributed by atoms with van der Waals surface area (Å²) >= 11 is 2.93. The quantitative estimate of drug-likeness (QED) is 0.483. The van der Waals surface area contributed by atoms with Gasteiger partial charge in [-0.2, -0.15) is 0 Å². The maximum absolute atomic E-state index is 12.5. The van der Waals surface area contributed by atoms with Gasteiger partial charge in [-0.1, -0.05) is 18.7 Å². The molecule has 0 bridgehead atoms. The Hall–Kier alpha value is -2.58. The van der Waals surface area contributed by atoms with Crippen molar-refractivity contribution in [3.63, 3.8) is 0 Å². The van der Waals surface area contributed by atoms with Crippen LogP contribution in [0.15, 0.2) is 46.8 Å². The molecule has 8 heteroatoms. The van der Waals surface area contributed by atoms with Crippen molar-refractivity contribution in [1.82, 2.24) is 4.98 Å². The molecule has 1 atom stereocenters. The van der Waals surface area contributed by atoms with Crippen LogP contribution in [0, 0.1) is 0 Å². The van der Waals surface area contributed by atoms with Gasteiger partial charge in [-0.05, 0) is 56.3 Å². The molecule has 3 rings (SSSR count). The first-order valence-corrected chi connectivity index (χ1v) is 11.1. The van der Waals surface area contributed by atoms with Crippen molar-refractivity contribution in [2.45, 2.75) is 36.8 Å². The fourth-order valence-corrected chi connectivity index (χ4v) is 4.78. The number of carbonyl (C=O) groups is 2. The van der Waals surface area contributed by atoms with Gasteiger partial charge in [-0.15, -0.1) is 11.3 Å². The lowest BCUT2D eigenvalue weighted by molar-refractivity contribution is -0.116. The largest absolute Gasteiger partial charge is 0.494 e. The van der Waals surface area contributed by atoms with Gasteiger partial charge in [0.2, 0.25) is 11.8 Å². The van der Waals surface area contributed by atoms with E-state index < -0.39 is 0 Å². The summed E-state index contributed by atoms with van der Waals surface area (Å²) in [5.74, 6) is 0.661. The summed E-state index contributed by atoms with van der Waals surface area (Å²) in [7, 11) is 0. The minimum Gasteiger partial charge on any atom is -0.494 e. The van der Waals surface area contributed by atoms with E-state index in [1.807, 2.05) is 63.2 Å². The second kappa shape index (κ2) is 9.76. The summed E-state index contributed by atoms with van der Waals surface area (Å²) in [6.07, 6.45) is 0.433. The molecule has 0 aliphatic carbocycles. The molecule has 0 aliphatic heterocycles. The first-order chi connectivity index (χ1) is 14.0. The molecule has 0 saturated heterocycles. The Morgan fingerprint density at radius 2 is 1.83 bits per heavy atom. The number of nitrogens with one attached hydrogen (secondary N) is 2. The molecule has 0 fully saturated rings. The lowest BCUT2D eigenvalue weighted by Gasteiger charge is -2.11. The molecule has 152 valence electrons. The maximum atomic E-state index is 12.5. The van der Waals surface area contributed by atoms with E-state index in [0.717, 1.165) is 31.7 Å². The number of fused-ring (bicyclic) bond motifs is 1. The molecule has 1 heterocycles. The van der Waals surface area contributed by atoms with Crippen molar-refractivity contribution in [3.05, 3.63) is 42.5 Å². The summed E-state index contributed by atoms with van der Waals surface area (Å²) in [5, 5.41) is 5.46. The summed E-state index contributed by atoms with van der Waals surface area (Å²) in [4.78, 5) is 28.7. The van der Waals surface area contributed by atoms with E-state index in [2.05, 4.69) is 15.6 Å². The van der Waals surface area contributed by atoms with Crippen molar-refractivity contribution in [2.24, 2.45) is 0 Å². The second-order valence-corrected chi connectivity index (χ2v) is 8.89. The number of carbonyl (C=O) groups excluding carboxylic acids is 2. The lowest BCUT2D eigenvalue weighted by Crippen LogP contribution is -2.22. The van der Waals surface area contributed by atoms with E-state index in [-0.39, 0.29) is 17.1 Å². The van der Waals surface area contributed by atoms with Gasteiger partial charge >= 0.3 is 0 Å². The Bertz CT molecular complexity index is 1000. The van der Waals surface area contributed by atoms with Crippen LogP contribution in [0.5, 0.6) is 5.75 Å². The van der Waals surface area contributed by atoms with Gasteiger partial charge in [-0.25, -0.2) is 4.98 Å². The van der Waals surface area contributed by atoms with Gasteiger partial charge in [-0.3, -0.25) is 9.59 Å². The predicted octanol–water partition coefficient (Wildman–Crippen LogP) is 5.16. The Morgan fingerprint density at radius 3 is 2.52 bits per heavy atom. The van der Waals surface area contributed by atoms with E-state index in [9.17, 15) is 9.59 Å². The molecular formula is C21H23N3O3S2. The smallest absolute Gasteiger partial charge is 0.237 e. The summed E-state index contributed by atoms with van der Waals surface area (Å²) in [5.41, 5.74) is 2.34. The molecule has 0 spiro atoms. The molecule has 29 heavy (non-hydrogen) atoms. The number of aromatic nitrogens is 1. The minimum absolute atomic E-state index is 0.0250. The van der Waals surface area contributed by atoms with Crippen molar-refractivity contribution in [3.8, 4) is 5.75 Å². The SMILES string of the molecule is CCOc1ccc(NC(=O)[C@@H](C)Sc2nc3ccc(NC(=O)CC)cc3s2)cc1. The standard InChI is InChI=1S/C21H23N3O3S2/c1-4-19(25)22-15-8-11-17-18(12-15)29-21(24-17)28-13(3)20(26)23-14-6-9-16(10-7-14)27-5-2/h6-13H,4-5H2,1-3H3,(H,22,25)(H,23,26)/t13-/m1/s1. The molecule has 6 nitrogen and oxygen atoms in total. The molecule has 1 aromatic heterocycles. The van der Waals surface area contributed by atoms with Crippen molar-refractivity contribution >= 4 is 56.5 Å². The molecule has 0 saturated carbocycles. The van der Waals surface area contributed by atoms with Gasteiger partial charge < -0.3 is 15.4 Å². The van der Waals surface area contributed by atoms with Crippen LogP contribution in [-0.4, -0.2) is 28.7 Å². The molecule has 0 unspecified atom stereocenters. The summed E-state index contributed by atoms with van der Waals surface area (Å²) in [6, 6.07) is 12.9. The van der Waals surface area contributed by atoms with Crippen molar-refractivity contribution in [1.29, 1.82) is 0 Å². The van der Waals surface area contributed by atoms with E-state index in [0.29, 0.717) is 13.0 Å². The number of hydrogen-bond acceptors (Lipinski definition) is 6. The van der Waals surface area contributed by atoms with Crippen molar-refractivity contribution in [2.75, 3.05) is 17.2 Å². The number of benzene rings is 2. The Labute approximate surface area is 178 Å². The number of thiazole rings is 1. The van der Waals surface area contributed by atoms with Gasteiger partial charge in [0.05, 0.1) is 22.1 Å². The predicted molar refractivity (Wildman–Crippen MR) is 120 cm³/mol. The third kappa shape index (κ3) is 5.71. The van der Waals surface area contributed by atoms with Crippen LogP contribution in [0.4, 0.5) is 11.4 Å². The Morgan fingerprint density at radius 1 is 1.10 bits per heavy atom. The monoisotopic (exact) mass is 429 g/mol. The van der Waals surface area contributed by atoms with Crippen LogP contribution >= 0.6 is 23.1 Å². The van der Waals surface area contributed by atoms with Gasteiger partial charge in [0.25, 0.3) is 0 Å². The third-order valence-electron chi connectivity index (χ3n) is 4.05. The van der Waals surface area contributed by atoms with Gasteiger partial charge in [0, 0.05) is 17.8 Å². The number of nitrogens with zero attached hydrogens (tertiary/aromatic N) is 1. The average Bonchev–Trinajstić information content (AvgIpc) is 3.11. The van der Waals surface area contributed by atoms with Crippen LogP contribution in [0.3, 0.4) is 0 Å². The second-order valence-electron chi connectivity index (χ2n) is 6.27. The fraction of sp³-hybridized carbons (Fsp3) is 0.286. The molecule has 0 radical (unpaired) electrons. The third-order valence-corrected chi connectivity index (χ3v) is 6.27. The van der Waals surface area contributed by atoms with Crippen LogP contribution in [-0.2, 0) is 9.59 Å². The van der Waals surface area contributed by atoms with E-state index >= 15 is 0 Å². The molecule has 3 aromatic rings. The van der Waals surface area contributed by atoms with E-state index in [4.69, 9.17) is 4.74 Å². The molecule has 2 amide bonds. The van der Waals surface area contributed by atoms with Crippen LogP contribution in [0.1, 0.15) is 27.2 Å². The van der Waals surface area contributed by atoms with Gasteiger partial charge in [0.15, 0.2) is 4.34 Å². The zero-order chi connectivity index (χ0) is 20.8. The Balaban J connectivity index is 1.62. The van der Waals surface area contributed by atoms with Gasteiger partial charge in [0.1, 0.15) is 5.75 Å². The topological polar surface area (TPSA) is 80.3 Å². The molecule has 2 N–H and O–H groups in total. The highest BCUT2D eigenvalue weighted by Gasteiger charge is 2.17. The van der Waals surface area contributed by atoms with Crippen molar-refractivity contribution < 1.29 is 14.3 Å². The number of hydrogen-bond donors (Lipinski definition) is 2. The molecule has 0 aliphatic rings. The normalized spacial score (nSPS) is 11.8. The van der Waals surface area contributed by atoms with Crippen LogP contribution < -0.4 is 15.4 Å². The van der Waals surface area contributed by atoms with E-state index in [1.165, 1.54) is 23.1 Å². The molecule has 2 aromatic carbocycles. The number of rotatable bonds is 8. The molecular weight excluding hydrogens is 406 g/mol. The highest BCUT2D eigenvalue weighted by Crippen LogP contribution is 2.33. The lowest BCUT2D eigenvalue weighted by atomic mass is 10.3. The number of thioether (sulfide) groups is 1. The highest BCUT2D eigenvalue weighted by atomic mass is 32.2. The average molecular weight is 430 g/mol. The van der Waals surface area contributed by atoms with Crippen LogP contribution in [0.2, 0.25) is 0 Å². The maximum Gasteiger partial charge on any atom is 0.237 e. The zero-order valence-electron chi connectivity index (χ0n) is 16.5. The Kier molecular flexibility index (Phi) is 7.11. The number of anilines is 2.